The summed E-state index contributed by atoms with van der Waals surface area (Å²) in [7, 11) is 5.95. The summed E-state index contributed by atoms with van der Waals surface area (Å²) in [6.45, 7) is 2.14. The summed E-state index contributed by atoms with van der Waals surface area (Å²) in [4.78, 5) is 21.4. The molecule has 1 unspecified atom stereocenters. The van der Waals surface area contributed by atoms with E-state index in [1.54, 1.807) is 0 Å². The molecule has 0 amide bonds. The van der Waals surface area contributed by atoms with Crippen LogP contribution < -0.4 is 0 Å². The van der Waals surface area contributed by atoms with Crippen LogP contribution in [0.3, 0.4) is 0 Å². The summed E-state index contributed by atoms with van der Waals surface area (Å²) in [5.41, 5.74) is 0. The number of hydrogen-bond donors (Lipinski definition) is 1. The Labute approximate surface area is 88.9 Å². The zero-order valence-corrected chi connectivity index (χ0v) is 9.93. The topological polar surface area (TPSA) is 54.4 Å². The van der Waals surface area contributed by atoms with Crippen LogP contribution in [0.2, 0.25) is 0 Å². The number of aliphatic carboxylic acids is 1. The fourth-order valence-electron chi connectivity index (χ4n) is 1.18. The molecule has 5 heteroatoms. The molecule has 0 heterocycles. The number of rotatable bonds is 5. The Kier molecular flexibility index (Phi) is 5.15. The van der Waals surface area contributed by atoms with E-state index in [1.807, 2.05) is 21.1 Å². The molecule has 0 aliphatic rings. The van der Waals surface area contributed by atoms with Crippen molar-refractivity contribution in [1.82, 2.24) is 0 Å². The molecule has 4 nitrogen and oxygen atoms in total. The standard InChI is InChI=1S/C9H17NO3S/c1-7(11)14-8(5-9(12)13)6-10(2,3)4/h8H,5-6H2,1-4H3/p+1. The van der Waals surface area contributed by atoms with Gasteiger partial charge in [-0.15, -0.1) is 0 Å². The van der Waals surface area contributed by atoms with Gasteiger partial charge in [0.25, 0.3) is 0 Å². The van der Waals surface area contributed by atoms with Crippen molar-refractivity contribution in [2.45, 2.75) is 18.6 Å². The van der Waals surface area contributed by atoms with Gasteiger partial charge in [0.05, 0.1) is 39.4 Å². The van der Waals surface area contributed by atoms with Gasteiger partial charge in [-0.25, -0.2) is 0 Å². The van der Waals surface area contributed by atoms with Crippen LogP contribution in [0.5, 0.6) is 0 Å². The Bertz CT molecular complexity index is 207. The molecule has 0 aromatic heterocycles. The van der Waals surface area contributed by atoms with Crippen LogP contribution in [0.15, 0.2) is 0 Å². The van der Waals surface area contributed by atoms with Crippen molar-refractivity contribution < 1.29 is 19.2 Å². The summed E-state index contributed by atoms with van der Waals surface area (Å²) in [5.74, 6) is -0.850. The molecule has 1 N–H and O–H groups in total. The molecule has 0 saturated heterocycles. The summed E-state index contributed by atoms with van der Waals surface area (Å²) < 4.78 is 0.665. The third-order valence-electron chi connectivity index (χ3n) is 1.49. The van der Waals surface area contributed by atoms with Crippen molar-refractivity contribution in [3.05, 3.63) is 0 Å². The Morgan fingerprint density at radius 3 is 2.14 bits per heavy atom. The minimum absolute atomic E-state index is 0.0234. The van der Waals surface area contributed by atoms with E-state index in [2.05, 4.69) is 0 Å². The molecule has 0 aromatic rings. The molecular formula is C9H18NO3S+. The first kappa shape index (κ1) is 13.4. The Balaban J connectivity index is 4.24. The van der Waals surface area contributed by atoms with E-state index in [-0.39, 0.29) is 16.8 Å². The van der Waals surface area contributed by atoms with Crippen molar-refractivity contribution in [1.29, 1.82) is 0 Å². The van der Waals surface area contributed by atoms with Crippen LogP contribution >= 0.6 is 11.8 Å². The Morgan fingerprint density at radius 2 is 1.86 bits per heavy atom. The minimum Gasteiger partial charge on any atom is -0.481 e. The highest BCUT2D eigenvalue weighted by atomic mass is 32.2. The molecule has 0 aliphatic carbocycles. The number of carbonyl (C=O) groups is 2. The van der Waals surface area contributed by atoms with Gasteiger partial charge < -0.3 is 9.59 Å². The lowest BCUT2D eigenvalue weighted by atomic mass is 10.3. The predicted molar refractivity (Wildman–Crippen MR) is 57.2 cm³/mol. The monoisotopic (exact) mass is 220 g/mol. The predicted octanol–water partition coefficient (Wildman–Crippen LogP) is 0.816. The average molecular weight is 220 g/mol. The minimum atomic E-state index is -0.850. The summed E-state index contributed by atoms with van der Waals surface area (Å²) in [5, 5.41) is 8.50. The van der Waals surface area contributed by atoms with Crippen LogP contribution in [0.4, 0.5) is 0 Å². The SMILES string of the molecule is CC(=O)SC(CC(=O)O)C[N+](C)(C)C. The van der Waals surface area contributed by atoms with Crippen LogP contribution in [-0.2, 0) is 9.59 Å². The molecule has 0 saturated carbocycles. The second-order valence-corrected chi connectivity index (χ2v) is 5.78. The summed E-state index contributed by atoms with van der Waals surface area (Å²) in [6.07, 6.45) is 0.0414. The van der Waals surface area contributed by atoms with Crippen LogP contribution in [0, 0.1) is 0 Å². The highest BCUT2D eigenvalue weighted by Gasteiger charge is 2.22. The first-order valence-corrected chi connectivity index (χ1v) is 5.28. The number of hydrogen-bond acceptors (Lipinski definition) is 3. The Morgan fingerprint density at radius 1 is 1.36 bits per heavy atom. The van der Waals surface area contributed by atoms with E-state index in [0.29, 0.717) is 11.0 Å². The van der Waals surface area contributed by atoms with E-state index in [1.165, 1.54) is 6.92 Å². The van der Waals surface area contributed by atoms with Crippen molar-refractivity contribution >= 4 is 22.8 Å². The van der Waals surface area contributed by atoms with Gasteiger partial charge in [0.2, 0.25) is 0 Å². The van der Waals surface area contributed by atoms with Gasteiger partial charge in [-0.2, -0.15) is 0 Å². The molecule has 0 fully saturated rings. The summed E-state index contributed by atoms with van der Waals surface area (Å²) in [6, 6.07) is 0. The third-order valence-corrected chi connectivity index (χ3v) is 2.47. The molecule has 0 rings (SSSR count). The quantitative estimate of drug-likeness (QED) is 0.697. The van der Waals surface area contributed by atoms with Gasteiger partial charge in [0.15, 0.2) is 5.12 Å². The van der Waals surface area contributed by atoms with Crippen molar-refractivity contribution in [2.24, 2.45) is 0 Å². The molecule has 0 bridgehead atoms. The number of thioether (sulfide) groups is 1. The van der Waals surface area contributed by atoms with Gasteiger partial charge in [-0.05, 0) is 0 Å². The number of carboxylic acids is 1. The smallest absolute Gasteiger partial charge is 0.304 e. The lowest BCUT2D eigenvalue weighted by molar-refractivity contribution is -0.869. The van der Waals surface area contributed by atoms with Gasteiger partial charge >= 0.3 is 5.97 Å². The maximum atomic E-state index is 10.9. The van der Waals surface area contributed by atoms with Gasteiger partial charge in [0.1, 0.15) is 0 Å². The molecule has 0 spiro atoms. The molecule has 0 radical (unpaired) electrons. The van der Waals surface area contributed by atoms with Crippen LogP contribution in [0.1, 0.15) is 13.3 Å². The molecular weight excluding hydrogens is 202 g/mol. The summed E-state index contributed by atoms with van der Waals surface area (Å²) >= 11 is 1.12. The zero-order valence-electron chi connectivity index (χ0n) is 9.11. The lowest BCUT2D eigenvalue weighted by Gasteiger charge is -2.27. The number of nitrogens with zero attached hydrogens (tertiary/aromatic N) is 1. The second kappa shape index (κ2) is 5.36. The van der Waals surface area contributed by atoms with Gasteiger partial charge in [-0.3, -0.25) is 9.59 Å². The number of carbonyl (C=O) groups excluding carboxylic acids is 1. The van der Waals surface area contributed by atoms with Crippen molar-refractivity contribution in [3.63, 3.8) is 0 Å². The highest BCUT2D eigenvalue weighted by molar-refractivity contribution is 8.14. The molecule has 1 atom stereocenters. The second-order valence-electron chi connectivity index (χ2n) is 4.30. The van der Waals surface area contributed by atoms with Crippen molar-refractivity contribution in [3.8, 4) is 0 Å². The molecule has 82 valence electrons. The van der Waals surface area contributed by atoms with E-state index < -0.39 is 5.97 Å². The Hall–Kier alpha value is -0.550. The molecule has 14 heavy (non-hydrogen) atoms. The van der Waals surface area contributed by atoms with Crippen molar-refractivity contribution in [2.75, 3.05) is 27.7 Å². The number of carboxylic acid groups (broad SMARTS) is 1. The van der Waals surface area contributed by atoms with Gasteiger partial charge in [0, 0.05) is 6.92 Å². The fraction of sp³-hybridized carbons (Fsp3) is 0.778. The maximum absolute atomic E-state index is 10.9. The van der Waals surface area contributed by atoms with Gasteiger partial charge in [-0.1, -0.05) is 11.8 Å². The van der Waals surface area contributed by atoms with Crippen LogP contribution in [0.25, 0.3) is 0 Å². The zero-order chi connectivity index (χ0) is 11.4. The fourth-order valence-corrected chi connectivity index (χ4v) is 2.40. The first-order chi connectivity index (χ1) is 6.20. The normalized spacial score (nSPS) is 13.7. The molecule has 0 aliphatic heterocycles. The van der Waals surface area contributed by atoms with E-state index in [9.17, 15) is 9.59 Å². The third kappa shape index (κ3) is 8.07. The first-order valence-electron chi connectivity index (χ1n) is 4.40. The maximum Gasteiger partial charge on any atom is 0.304 e. The van der Waals surface area contributed by atoms with E-state index in [0.717, 1.165) is 11.8 Å². The largest absolute Gasteiger partial charge is 0.481 e. The highest BCUT2D eigenvalue weighted by Crippen LogP contribution is 2.18. The number of quaternary nitrogens is 1. The van der Waals surface area contributed by atoms with E-state index in [4.69, 9.17) is 5.11 Å². The average Bonchev–Trinajstić information content (AvgIpc) is 1.77. The van der Waals surface area contributed by atoms with E-state index >= 15 is 0 Å². The van der Waals surface area contributed by atoms with Crippen LogP contribution in [-0.4, -0.2) is 53.6 Å². The lowest BCUT2D eigenvalue weighted by Crippen LogP contribution is -2.41. The molecule has 0 aromatic carbocycles.